The maximum Gasteiger partial charge on any atom is 0.262 e. The van der Waals surface area contributed by atoms with Crippen molar-refractivity contribution in [3.63, 3.8) is 0 Å². The number of sulfonamides is 1. The summed E-state index contributed by atoms with van der Waals surface area (Å²) < 4.78 is 29.6. The van der Waals surface area contributed by atoms with Crippen LogP contribution >= 0.6 is 15.9 Å². The summed E-state index contributed by atoms with van der Waals surface area (Å²) in [6, 6.07) is 16.6. The molecular weight excluding hydrogens is 400 g/mol. The summed E-state index contributed by atoms with van der Waals surface area (Å²) in [5, 5.41) is 1.61. The van der Waals surface area contributed by atoms with Gasteiger partial charge in [0, 0.05) is 35.0 Å². The molecule has 25 heavy (non-hydrogen) atoms. The van der Waals surface area contributed by atoms with Crippen LogP contribution in [-0.4, -0.2) is 22.5 Å². The zero-order valence-corrected chi connectivity index (χ0v) is 16.6. The molecule has 0 saturated carbocycles. The van der Waals surface area contributed by atoms with Gasteiger partial charge in [0.05, 0.1) is 10.6 Å². The van der Waals surface area contributed by atoms with E-state index in [-0.39, 0.29) is 4.90 Å². The van der Waals surface area contributed by atoms with Crippen molar-refractivity contribution >= 4 is 48.1 Å². The van der Waals surface area contributed by atoms with E-state index in [2.05, 4.69) is 20.7 Å². The first-order chi connectivity index (χ1) is 11.8. The summed E-state index contributed by atoms with van der Waals surface area (Å²) in [7, 11) is 0.176. The topological polar surface area (TPSA) is 49.4 Å². The quantitative estimate of drug-likeness (QED) is 0.663. The lowest BCUT2D eigenvalue weighted by atomic mass is 10.1. The highest BCUT2D eigenvalue weighted by molar-refractivity contribution is 9.10. The molecule has 0 fully saturated rings. The van der Waals surface area contributed by atoms with Gasteiger partial charge in [0.1, 0.15) is 0 Å². The van der Waals surface area contributed by atoms with Crippen molar-refractivity contribution < 1.29 is 8.42 Å². The van der Waals surface area contributed by atoms with Gasteiger partial charge in [-0.25, -0.2) is 8.42 Å². The minimum absolute atomic E-state index is 0.271. The zero-order valence-electron chi connectivity index (χ0n) is 14.2. The monoisotopic (exact) mass is 418 g/mol. The molecule has 0 radical (unpaired) electrons. The summed E-state index contributed by atoms with van der Waals surface area (Å²) in [6.07, 6.45) is 0. The molecular formula is C19H19BrN2O2S. The molecule has 0 aliphatic heterocycles. The molecule has 0 amide bonds. The third kappa shape index (κ3) is 3.50. The molecule has 0 heterocycles. The largest absolute Gasteiger partial charge is 0.377 e. The van der Waals surface area contributed by atoms with E-state index in [0.717, 1.165) is 21.1 Å². The van der Waals surface area contributed by atoms with Gasteiger partial charge in [-0.3, -0.25) is 4.72 Å². The summed E-state index contributed by atoms with van der Waals surface area (Å²) >= 11 is 3.39. The lowest BCUT2D eigenvalue weighted by Crippen LogP contribution is -2.15. The molecule has 3 aromatic carbocycles. The Hall–Kier alpha value is -2.05. The summed E-state index contributed by atoms with van der Waals surface area (Å²) in [5.74, 6) is 0. The molecule has 0 spiro atoms. The van der Waals surface area contributed by atoms with Gasteiger partial charge in [-0.15, -0.1) is 0 Å². The fourth-order valence-corrected chi connectivity index (χ4v) is 4.50. The van der Waals surface area contributed by atoms with E-state index in [4.69, 9.17) is 0 Å². The van der Waals surface area contributed by atoms with Gasteiger partial charge < -0.3 is 4.90 Å². The van der Waals surface area contributed by atoms with E-state index >= 15 is 0 Å². The number of rotatable bonds is 4. The van der Waals surface area contributed by atoms with Crippen LogP contribution in [0.2, 0.25) is 0 Å². The molecule has 0 saturated heterocycles. The summed E-state index contributed by atoms with van der Waals surface area (Å²) in [4.78, 5) is 2.25. The SMILES string of the molecule is Cc1ccc(Br)cc1NS(=O)(=O)c1cccc2c(N(C)C)cccc12. The third-order valence-corrected chi connectivity index (χ3v) is 5.99. The standard InChI is InChI=1S/C19H19BrN2O2S/c1-13-10-11-14(20)12-17(13)21-25(23,24)19-9-5-6-15-16(19)7-4-8-18(15)22(2)3/h4-12,21H,1-3H3. The molecule has 0 atom stereocenters. The van der Waals surface area contributed by atoms with Crippen LogP contribution in [0.25, 0.3) is 10.8 Å². The number of aryl methyl sites for hydroxylation is 1. The molecule has 0 aromatic heterocycles. The van der Waals surface area contributed by atoms with Crippen molar-refractivity contribution in [2.24, 2.45) is 0 Å². The van der Waals surface area contributed by atoms with E-state index in [9.17, 15) is 8.42 Å². The highest BCUT2D eigenvalue weighted by Gasteiger charge is 2.19. The summed E-state index contributed by atoms with van der Waals surface area (Å²) in [6.45, 7) is 1.87. The van der Waals surface area contributed by atoms with Crippen molar-refractivity contribution in [2.45, 2.75) is 11.8 Å². The lowest BCUT2D eigenvalue weighted by molar-refractivity contribution is 0.602. The predicted molar refractivity (Wildman–Crippen MR) is 108 cm³/mol. The Morgan fingerprint density at radius 2 is 1.64 bits per heavy atom. The molecule has 0 aliphatic carbocycles. The van der Waals surface area contributed by atoms with E-state index in [1.165, 1.54) is 0 Å². The van der Waals surface area contributed by atoms with Gasteiger partial charge in [-0.2, -0.15) is 0 Å². The van der Waals surface area contributed by atoms with Crippen molar-refractivity contribution in [3.8, 4) is 0 Å². The van der Waals surface area contributed by atoms with Gasteiger partial charge in [-0.1, -0.05) is 46.3 Å². The second-order valence-electron chi connectivity index (χ2n) is 6.09. The molecule has 0 aliphatic rings. The average molecular weight is 419 g/mol. The minimum Gasteiger partial charge on any atom is -0.377 e. The fraction of sp³-hybridized carbons (Fsp3) is 0.158. The number of hydrogen-bond donors (Lipinski definition) is 1. The molecule has 3 rings (SSSR count). The summed E-state index contributed by atoms with van der Waals surface area (Å²) in [5.41, 5.74) is 2.41. The van der Waals surface area contributed by atoms with Crippen LogP contribution in [0.5, 0.6) is 0 Å². The Kier molecular flexibility index (Phi) is 4.75. The van der Waals surface area contributed by atoms with Crippen LogP contribution in [0.3, 0.4) is 0 Å². The van der Waals surface area contributed by atoms with E-state index in [1.54, 1.807) is 18.2 Å². The van der Waals surface area contributed by atoms with Gasteiger partial charge in [0.2, 0.25) is 0 Å². The van der Waals surface area contributed by atoms with E-state index in [1.807, 2.05) is 62.3 Å². The number of nitrogens with zero attached hydrogens (tertiary/aromatic N) is 1. The molecule has 3 aromatic rings. The van der Waals surface area contributed by atoms with Crippen molar-refractivity contribution in [1.29, 1.82) is 0 Å². The number of nitrogens with one attached hydrogen (secondary N) is 1. The van der Waals surface area contributed by atoms with Gasteiger partial charge in [0.25, 0.3) is 10.0 Å². The van der Waals surface area contributed by atoms with Crippen LogP contribution in [0.1, 0.15) is 5.56 Å². The molecule has 4 nitrogen and oxygen atoms in total. The van der Waals surface area contributed by atoms with Crippen LogP contribution in [0.4, 0.5) is 11.4 Å². The first-order valence-corrected chi connectivity index (χ1v) is 10.1. The smallest absolute Gasteiger partial charge is 0.262 e. The van der Waals surface area contributed by atoms with Crippen LogP contribution < -0.4 is 9.62 Å². The minimum atomic E-state index is -3.71. The van der Waals surface area contributed by atoms with Crippen molar-refractivity contribution in [1.82, 2.24) is 0 Å². The number of fused-ring (bicyclic) bond motifs is 1. The van der Waals surface area contributed by atoms with Gasteiger partial charge in [0.15, 0.2) is 0 Å². The second-order valence-corrected chi connectivity index (χ2v) is 8.65. The molecule has 0 bridgehead atoms. The highest BCUT2D eigenvalue weighted by atomic mass is 79.9. The second kappa shape index (κ2) is 6.69. The van der Waals surface area contributed by atoms with Crippen LogP contribution in [0.15, 0.2) is 64.0 Å². The van der Waals surface area contributed by atoms with Gasteiger partial charge >= 0.3 is 0 Å². The average Bonchev–Trinajstić information content (AvgIpc) is 2.56. The van der Waals surface area contributed by atoms with Crippen molar-refractivity contribution in [3.05, 3.63) is 64.6 Å². The molecule has 6 heteroatoms. The highest BCUT2D eigenvalue weighted by Crippen LogP contribution is 2.31. The zero-order chi connectivity index (χ0) is 18.2. The number of anilines is 2. The molecule has 0 unspecified atom stereocenters. The number of halogens is 1. The first kappa shape index (κ1) is 17.8. The molecule has 130 valence electrons. The normalized spacial score (nSPS) is 11.5. The van der Waals surface area contributed by atoms with E-state index in [0.29, 0.717) is 11.1 Å². The first-order valence-electron chi connectivity index (χ1n) is 7.77. The Balaban J connectivity index is 2.15. The Morgan fingerprint density at radius 1 is 0.960 bits per heavy atom. The maximum atomic E-state index is 13.0. The van der Waals surface area contributed by atoms with Crippen LogP contribution in [-0.2, 0) is 10.0 Å². The van der Waals surface area contributed by atoms with E-state index < -0.39 is 10.0 Å². The molecule has 1 N–H and O–H groups in total. The van der Waals surface area contributed by atoms with Crippen LogP contribution in [0, 0.1) is 6.92 Å². The third-order valence-electron chi connectivity index (χ3n) is 4.07. The number of hydrogen-bond acceptors (Lipinski definition) is 3. The maximum absolute atomic E-state index is 13.0. The Morgan fingerprint density at radius 3 is 2.36 bits per heavy atom. The predicted octanol–water partition coefficient (Wildman–Crippen LogP) is 4.78. The van der Waals surface area contributed by atoms with Gasteiger partial charge in [-0.05, 0) is 36.8 Å². The number of benzene rings is 3. The Bertz CT molecular complexity index is 1050. The fourth-order valence-electron chi connectivity index (χ4n) is 2.79. The lowest BCUT2D eigenvalue weighted by Gasteiger charge is -2.17. The Labute approximate surface area is 156 Å². The van der Waals surface area contributed by atoms with Crippen molar-refractivity contribution in [2.75, 3.05) is 23.7 Å².